The van der Waals surface area contributed by atoms with Crippen molar-refractivity contribution in [3.05, 3.63) is 27.7 Å². The summed E-state index contributed by atoms with van der Waals surface area (Å²) in [5.74, 6) is -0.278. The zero-order valence-corrected chi connectivity index (χ0v) is 16.1. The van der Waals surface area contributed by atoms with Gasteiger partial charge in [-0.25, -0.2) is 4.79 Å². The van der Waals surface area contributed by atoms with Crippen molar-refractivity contribution in [2.45, 2.75) is 51.6 Å². The molecule has 0 aliphatic heterocycles. The number of esters is 1. The second-order valence-electron chi connectivity index (χ2n) is 6.17. The van der Waals surface area contributed by atoms with Crippen LogP contribution < -0.4 is 10.2 Å². The SMILES string of the molecule is CCN(c1cc(Br)cc(C(=O)OC)c1C)C1CCC(NC)CC1. The summed E-state index contributed by atoms with van der Waals surface area (Å²) in [6, 6.07) is 5.13. The fraction of sp³-hybridized carbons (Fsp3) is 0.611. The lowest BCUT2D eigenvalue weighted by atomic mass is 9.89. The van der Waals surface area contributed by atoms with E-state index in [-0.39, 0.29) is 5.97 Å². The quantitative estimate of drug-likeness (QED) is 0.783. The summed E-state index contributed by atoms with van der Waals surface area (Å²) in [7, 11) is 3.47. The average Bonchev–Trinajstić information content (AvgIpc) is 2.58. The zero-order valence-electron chi connectivity index (χ0n) is 14.5. The molecule has 1 aliphatic carbocycles. The molecule has 0 heterocycles. The van der Waals surface area contributed by atoms with Gasteiger partial charge in [-0.05, 0) is 64.3 Å². The van der Waals surface area contributed by atoms with E-state index in [0.717, 1.165) is 22.3 Å². The van der Waals surface area contributed by atoms with Crippen LogP contribution in [0.3, 0.4) is 0 Å². The van der Waals surface area contributed by atoms with E-state index in [1.807, 2.05) is 20.0 Å². The number of methoxy groups -OCH3 is 1. The minimum absolute atomic E-state index is 0.278. The Hall–Kier alpha value is -1.07. The van der Waals surface area contributed by atoms with Gasteiger partial charge in [0.1, 0.15) is 0 Å². The second kappa shape index (κ2) is 8.15. The van der Waals surface area contributed by atoms with Crippen molar-refractivity contribution in [1.82, 2.24) is 5.32 Å². The summed E-state index contributed by atoms with van der Waals surface area (Å²) in [6.45, 7) is 5.13. The van der Waals surface area contributed by atoms with E-state index in [1.54, 1.807) is 0 Å². The molecule has 0 aromatic heterocycles. The van der Waals surface area contributed by atoms with Crippen molar-refractivity contribution >= 4 is 27.6 Å². The molecule has 0 radical (unpaired) electrons. The Balaban J connectivity index is 2.31. The molecule has 23 heavy (non-hydrogen) atoms. The molecule has 1 aliphatic rings. The lowest BCUT2D eigenvalue weighted by Gasteiger charge is -2.39. The number of ether oxygens (including phenoxy) is 1. The van der Waals surface area contributed by atoms with Crippen LogP contribution in [0.25, 0.3) is 0 Å². The van der Waals surface area contributed by atoms with Gasteiger partial charge in [-0.3, -0.25) is 0 Å². The topological polar surface area (TPSA) is 41.6 Å². The normalized spacial score (nSPS) is 21.1. The highest BCUT2D eigenvalue weighted by Crippen LogP contribution is 2.33. The molecule has 1 aromatic rings. The van der Waals surface area contributed by atoms with Crippen molar-refractivity contribution in [3.63, 3.8) is 0 Å². The van der Waals surface area contributed by atoms with E-state index < -0.39 is 0 Å². The highest BCUT2D eigenvalue weighted by atomic mass is 79.9. The average molecular weight is 383 g/mol. The molecule has 1 fully saturated rings. The number of nitrogens with zero attached hydrogens (tertiary/aromatic N) is 1. The van der Waals surface area contributed by atoms with Crippen LogP contribution in [0.2, 0.25) is 0 Å². The van der Waals surface area contributed by atoms with Gasteiger partial charge in [-0.2, -0.15) is 0 Å². The van der Waals surface area contributed by atoms with Crippen LogP contribution >= 0.6 is 15.9 Å². The lowest BCUT2D eigenvalue weighted by molar-refractivity contribution is 0.0600. The maximum Gasteiger partial charge on any atom is 0.338 e. The van der Waals surface area contributed by atoms with Gasteiger partial charge in [0.25, 0.3) is 0 Å². The minimum Gasteiger partial charge on any atom is -0.465 e. The number of benzene rings is 1. The number of nitrogens with one attached hydrogen (secondary N) is 1. The number of hydrogen-bond donors (Lipinski definition) is 1. The first-order valence-corrected chi connectivity index (χ1v) is 9.13. The largest absolute Gasteiger partial charge is 0.465 e. The van der Waals surface area contributed by atoms with E-state index in [0.29, 0.717) is 17.6 Å². The van der Waals surface area contributed by atoms with Gasteiger partial charge in [-0.1, -0.05) is 15.9 Å². The Labute approximate surface area is 147 Å². The van der Waals surface area contributed by atoms with E-state index in [9.17, 15) is 4.79 Å². The first-order chi connectivity index (χ1) is 11.0. The number of rotatable bonds is 5. The van der Waals surface area contributed by atoms with Gasteiger partial charge in [0, 0.05) is 28.8 Å². The smallest absolute Gasteiger partial charge is 0.338 e. The standard InChI is InChI=1S/C18H27BrN2O2/c1-5-21(15-8-6-14(20-3)7-9-15)17-11-13(19)10-16(12(17)2)18(22)23-4/h10-11,14-15,20H,5-9H2,1-4H3. The van der Waals surface area contributed by atoms with Crippen LogP contribution in [0, 0.1) is 6.92 Å². The van der Waals surface area contributed by atoms with Gasteiger partial charge in [0.15, 0.2) is 0 Å². The summed E-state index contributed by atoms with van der Waals surface area (Å²) in [5.41, 5.74) is 2.77. The zero-order chi connectivity index (χ0) is 17.0. The van der Waals surface area contributed by atoms with E-state index >= 15 is 0 Å². The number of carbonyl (C=O) groups is 1. The van der Waals surface area contributed by atoms with Crippen molar-refractivity contribution in [2.75, 3.05) is 25.6 Å². The Morgan fingerprint density at radius 1 is 1.35 bits per heavy atom. The lowest BCUT2D eigenvalue weighted by Crippen LogP contribution is -2.42. The first-order valence-electron chi connectivity index (χ1n) is 8.34. The molecule has 128 valence electrons. The Morgan fingerprint density at radius 2 is 2.00 bits per heavy atom. The molecule has 4 nitrogen and oxygen atoms in total. The third-order valence-electron chi connectivity index (χ3n) is 4.95. The monoisotopic (exact) mass is 382 g/mol. The molecule has 1 N–H and O–H groups in total. The summed E-state index contributed by atoms with van der Waals surface area (Å²) in [5, 5.41) is 3.39. The van der Waals surface area contributed by atoms with Gasteiger partial charge in [-0.15, -0.1) is 0 Å². The Kier molecular flexibility index (Phi) is 6.48. The molecule has 0 unspecified atom stereocenters. The molecule has 2 rings (SSSR count). The van der Waals surface area contributed by atoms with Gasteiger partial charge in [0.05, 0.1) is 12.7 Å². The van der Waals surface area contributed by atoms with Crippen LogP contribution in [-0.2, 0) is 4.74 Å². The van der Waals surface area contributed by atoms with E-state index in [4.69, 9.17) is 4.74 Å². The molecule has 1 saturated carbocycles. The molecular formula is C18H27BrN2O2. The molecule has 0 spiro atoms. The highest BCUT2D eigenvalue weighted by molar-refractivity contribution is 9.10. The van der Waals surface area contributed by atoms with Crippen LogP contribution in [0.1, 0.15) is 48.5 Å². The van der Waals surface area contributed by atoms with E-state index in [1.165, 1.54) is 32.8 Å². The fourth-order valence-electron chi connectivity index (χ4n) is 3.59. The maximum atomic E-state index is 12.0. The van der Waals surface area contributed by atoms with Gasteiger partial charge >= 0.3 is 5.97 Å². The minimum atomic E-state index is -0.278. The van der Waals surface area contributed by atoms with Crippen LogP contribution in [0.5, 0.6) is 0 Å². The fourth-order valence-corrected chi connectivity index (χ4v) is 4.03. The Morgan fingerprint density at radius 3 is 2.52 bits per heavy atom. The number of halogens is 1. The second-order valence-corrected chi connectivity index (χ2v) is 7.08. The molecule has 0 saturated heterocycles. The van der Waals surface area contributed by atoms with Crippen molar-refractivity contribution in [2.24, 2.45) is 0 Å². The summed E-state index contributed by atoms with van der Waals surface area (Å²) in [6.07, 6.45) is 4.76. The molecule has 0 atom stereocenters. The molecule has 0 bridgehead atoms. The summed E-state index contributed by atoms with van der Waals surface area (Å²) in [4.78, 5) is 14.5. The van der Waals surface area contributed by atoms with Crippen LogP contribution in [-0.4, -0.2) is 38.8 Å². The van der Waals surface area contributed by atoms with Crippen molar-refractivity contribution in [1.29, 1.82) is 0 Å². The van der Waals surface area contributed by atoms with Crippen molar-refractivity contribution in [3.8, 4) is 0 Å². The molecular weight excluding hydrogens is 356 g/mol. The Bertz CT molecular complexity index is 554. The van der Waals surface area contributed by atoms with E-state index in [2.05, 4.69) is 39.1 Å². The first kappa shape index (κ1) is 18.3. The predicted molar refractivity (Wildman–Crippen MR) is 98.3 cm³/mol. The van der Waals surface area contributed by atoms with Crippen molar-refractivity contribution < 1.29 is 9.53 Å². The van der Waals surface area contributed by atoms with Crippen LogP contribution in [0.15, 0.2) is 16.6 Å². The number of hydrogen-bond acceptors (Lipinski definition) is 4. The van der Waals surface area contributed by atoms with Crippen LogP contribution in [0.4, 0.5) is 5.69 Å². The third kappa shape index (κ3) is 4.07. The maximum absolute atomic E-state index is 12.0. The highest BCUT2D eigenvalue weighted by Gasteiger charge is 2.26. The summed E-state index contributed by atoms with van der Waals surface area (Å²) >= 11 is 3.54. The summed E-state index contributed by atoms with van der Waals surface area (Å²) < 4.78 is 5.85. The molecule has 1 aromatic carbocycles. The molecule has 5 heteroatoms. The number of anilines is 1. The van der Waals surface area contributed by atoms with Gasteiger partial charge in [0.2, 0.25) is 0 Å². The number of carbonyl (C=O) groups excluding carboxylic acids is 1. The predicted octanol–water partition coefficient (Wildman–Crippen LogP) is 3.90. The molecule has 0 amide bonds. The van der Waals surface area contributed by atoms with Gasteiger partial charge < -0.3 is 15.0 Å². The third-order valence-corrected chi connectivity index (χ3v) is 5.40.